The van der Waals surface area contributed by atoms with Gasteiger partial charge in [0.05, 0.1) is 5.75 Å². The van der Waals surface area contributed by atoms with Gasteiger partial charge in [-0.05, 0) is 56.7 Å². The number of rotatable bonds is 4. The predicted molar refractivity (Wildman–Crippen MR) is 115 cm³/mol. The van der Waals surface area contributed by atoms with Crippen LogP contribution in [0.3, 0.4) is 0 Å². The van der Waals surface area contributed by atoms with E-state index in [1.54, 1.807) is 11.8 Å². The number of nitrogens with zero attached hydrogens (tertiary/aromatic N) is 1. The third-order valence-electron chi connectivity index (χ3n) is 4.65. The molecule has 1 saturated heterocycles. The minimum atomic E-state index is -0.497. The lowest BCUT2D eigenvalue weighted by molar-refractivity contribution is -0.129. The van der Waals surface area contributed by atoms with E-state index < -0.39 is 5.60 Å². The molecule has 0 bridgehead atoms. The van der Waals surface area contributed by atoms with Crippen LogP contribution in [0.2, 0.25) is 0 Å². The van der Waals surface area contributed by atoms with E-state index in [0.717, 1.165) is 17.7 Å². The van der Waals surface area contributed by atoms with Crippen LogP contribution in [0.4, 0.5) is 4.79 Å². The molecule has 1 fully saturated rings. The molecule has 0 aromatic heterocycles. The number of carbonyl (C=O) groups is 2. The summed E-state index contributed by atoms with van der Waals surface area (Å²) in [6.45, 7) is 13.5. The van der Waals surface area contributed by atoms with Crippen molar-refractivity contribution in [2.24, 2.45) is 0 Å². The van der Waals surface area contributed by atoms with Crippen LogP contribution in [0, 0.1) is 0 Å². The van der Waals surface area contributed by atoms with Gasteiger partial charge in [0.25, 0.3) is 0 Å². The van der Waals surface area contributed by atoms with Crippen LogP contribution in [-0.4, -0.2) is 47.4 Å². The Labute approximate surface area is 173 Å². The number of piperidine rings is 1. The third-order valence-corrected chi connectivity index (χ3v) is 5.65. The Balaban J connectivity index is 1.74. The number of nitrogens with one attached hydrogen (secondary N) is 1. The number of likely N-dealkylation sites (tertiary alicyclic amines) is 1. The molecule has 1 aliphatic rings. The van der Waals surface area contributed by atoms with Crippen LogP contribution < -0.4 is 5.32 Å². The second-order valence-corrected chi connectivity index (χ2v) is 10.4. The van der Waals surface area contributed by atoms with Crippen molar-refractivity contribution in [2.45, 2.75) is 76.3 Å². The smallest absolute Gasteiger partial charge is 0.407 e. The van der Waals surface area contributed by atoms with Crippen LogP contribution in [0.15, 0.2) is 29.2 Å². The Morgan fingerprint density at radius 2 is 1.64 bits per heavy atom. The zero-order chi connectivity index (χ0) is 20.9. The number of hydrogen-bond acceptors (Lipinski definition) is 4. The van der Waals surface area contributed by atoms with Crippen molar-refractivity contribution in [1.82, 2.24) is 10.2 Å². The lowest BCUT2D eigenvalue weighted by atomic mass is 9.87. The lowest BCUT2D eigenvalue weighted by Crippen LogP contribution is -2.48. The van der Waals surface area contributed by atoms with Crippen LogP contribution >= 0.6 is 11.8 Å². The van der Waals surface area contributed by atoms with Gasteiger partial charge in [0.15, 0.2) is 0 Å². The van der Waals surface area contributed by atoms with Crippen molar-refractivity contribution in [2.75, 3.05) is 18.8 Å². The maximum absolute atomic E-state index is 12.5. The zero-order valence-electron chi connectivity index (χ0n) is 18.0. The van der Waals surface area contributed by atoms with E-state index in [2.05, 4.69) is 50.4 Å². The Hall–Kier alpha value is -1.69. The topological polar surface area (TPSA) is 58.6 Å². The largest absolute Gasteiger partial charge is 0.444 e. The first-order chi connectivity index (χ1) is 12.9. The highest BCUT2D eigenvalue weighted by Crippen LogP contribution is 2.26. The van der Waals surface area contributed by atoms with Crippen molar-refractivity contribution < 1.29 is 14.3 Å². The molecule has 6 heteroatoms. The van der Waals surface area contributed by atoms with E-state index in [9.17, 15) is 9.59 Å². The Morgan fingerprint density at radius 3 is 2.14 bits per heavy atom. The minimum Gasteiger partial charge on any atom is -0.444 e. The summed E-state index contributed by atoms with van der Waals surface area (Å²) in [5, 5.41) is 2.91. The summed E-state index contributed by atoms with van der Waals surface area (Å²) in [7, 11) is 0. The Kier molecular flexibility index (Phi) is 7.43. The number of hydrogen-bond donors (Lipinski definition) is 1. The van der Waals surface area contributed by atoms with Crippen LogP contribution in [-0.2, 0) is 14.9 Å². The second kappa shape index (κ2) is 9.21. The number of thioether (sulfide) groups is 1. The highest BCUT2D eigenvalue weighted by Gasteiger charge is 2.25. The van der Waals surface area contributed by atoms with Gasteiger partial charge < -0.3 is 15.0 Å². The summed E-state index contributed by atoms with van der Waals surface area (Å²) < 4.78 is 5.30. The normalized spacial score (nSPS) is 16.0. The molecule has 0 aliphatic carbocycles. The molecule has 0 unspecified atom stereocenters. The summed E-state index contributed by atoms with van der Waals surface area (Å²) in [5.74, 6) is 0.597. The molecule has 28 heavy (non-hydrogen) atoms. The fraction of sp³-hybridized carbons (Fsp3) is 0.636. The van der Waals surface area contributed by atoms with Crippen LogP contribution in [0.1, 0.15) is 59.9 Å². The van der Waals surface area contributed by atoms with Gasteiger partial charge >= 0.3 is 6.09 Å². The first-order valence-electron chi connectivity index (χ1n) is 9.95. The maximum atomic E-state index is 12.5. The number of carbonyl (C=O) groups excluding carboxylic acids is 2. The van der Waals surface area contributed by atoms with Crippen molar-refractivity contribution in [3.63, 3.8) is 0 Å². The molecule has 1 aromatic rings. The summed E-state index contributed by atoms with van der Waals surface area (Å²) >= 11 is 1.58. The zero-order valence-corrected chi connectivity index (χ0v) is 18.8. The van der Waals surface area contributed by atoms with E-state index in [4.69, 9.17) is 4.74 Å². The third kappa shape index (κ3) is 7.38. The molecular weight excluding hydrogens is 372 g/mol. The lowest BCUT2D eigenvalue weighted by Gasteiger charge is -2.32. The number of amides is 2. The van der Waals surface area contributed by atoms with Crippen molar-refractivity contribution in [1.29, 1.82) is 0 Å². The summed E-state index contributed by atoms with van der Waals surface area (Å²) in [4.78, 5) is 27.4. The first-order valence-corrected chi connectivity index (χ1v) is 10.9. The molecule has 5 nitrogen and oxygen atoms in total. The predicted octanol–water partition coefficient (Wildman–Crippen LogP) is 4.59. The van der Waals surface area contributed by atoms with Crippen molar-refractivity contribution in [3.8, 4) is 0 Å². The van der Waals surface area contributed by atoms with E-state index in [0.29, 0.717) is 18.8 Å². The maximum Gasteiger partial charge on any atom is 0.407 e. The van der Waals surface area contributed by atoms with Crippen LogP contribution in [0.5, 0.6) is 0 Å². The van der Waals surface area contributed by atoms with E-state index >= 15 is 0 Å². The molecule has 156 valence electrons. The molecule has 2 rings (SSSR count). The molecule has 0 spiro atoms. The van der Waals surface area contributed by atoms with Gasteiger partial charge in [0.2, 0.25) is 5.91 Å². The van der Waals surface area contributed by atoms with E-state index in [1.807, 2.05) is 25.7 Å². The van der Waals surface area contributed by atoms with Gasteiger partial charge in [0, 0.05) is 24.0 Å². The monoisotopic (exact) mass is 406 g/mol. The molecule has 0 radical (unpaired) electrons. The first kappa shape index (κ1) is 22.6. The van der Waals surface area contributed by atoms with Gasteiger partial charge in [-0.25, -0.2) is 4.79 Å². The van der Waals surface area contributed by atoms with Gasteiger partial charge in [-0.2, -0.15) is 0 Å². The average molecular weight is 407 g/mol. The molecule has 1 heterocycles. The van der Waals surface area contributed by atoms with Gasteiger partial charge in [-0.15, -0.1) is 11.8 Å². The molecule has 1 N–H and O–H groups in total. The molecular formula is C22H34N2O3S. The number of alkyl carbamates (subject to hydrolysis) is 1. The molecule has 0 saturated carbocycles. The van der Waals surface area contributed by atoms with Crippen molar-refractivity contribution >= 4 is 23.8 Å². The van der Waals surface area contributed by atoms with Gasteiger partial charge in [-0.1, -0.05) is 32.9 Å². The SMILES string of the molecule is CC(C)(C)OC(=O)NC1CCN(C(=O)CSc2ccc(C(C)(C)C)cc2)CC1. The fourth-order valence-corrected chi connectivity index (χ4v) is 3.84. The quantitative estimate of drug-likeness (QED) is 0.743. The molecule has 1 aliphatic heterocycles. The fourth-order valence-electron chi connectivity index (χ4n) is 3.03. The highest BCUT2D eigenvalue weighted by molar-refractivity contribution is 8.00. The molecule has 2 amide bonds. The minimum absolute atomic E-state index is 0.0662. The second-order valence-electron chi connectivity index (χ2n) is 9.36. The van der Waals surface area contributed by atoms with E-state index in [1.165, 1.54) is 5.56 Å². The number of benzene rings is 1. The Bertz CT molecular complexity index is 667. The van der Waals surface area contributed by atoms with Gasteiger partial charge in [-0.3, -0.25) is 4.79 Å². The van der Waals surface area contributed by atoms with Crippen LogP contribution in [0.25, 0.3) is 0 Å². The summed E-state index contributed by atoms with van der Waals surface area (Å²) in [6.07, 6.45) is 1.14. The average Bonchev–Trinajstić information content (AvgIpc) is 2.58. The highest BCUT2D eigenvalue weighted by atomic mass is 32.2. The van der Waals surface area contributed by atoms with Gasteiger partial charge in [0.1, 0.15) is 5.60 Å². The summed E-state index contributed by atoms with van der Waals surface area (Å²) in [5.41, 5.74) is 0.933. The Morgan fingerprint density at radius 1 is 1.07 bits per heavy atom. The van der Waals surface area contributed by atoms with Crippen molar-refractivity contribution in [3.05, 3.63) is 29.8 Å². The summed E-state index contributed by atoms with van der Waals surface area (Å²) in [6, 6.07) is 8.53. The van der Waals surface area contributed by atoms with E-state index in [-0.39, 0.29) is 23.5 Å². The molecule has 0 atom stereocenters. The number of ether oxygens (including phenoxy) is 1. The molecule has 1 aromatic carbocycles. The standard InChI is InChI=1S/C22H34N2O3S/c1-21(2,3)16-7-9-18(10-8-16)28-15-19(25)24-13-11-17(12-14-24)23-20(26)27-22(4,5)6/h7-10,17H,11-15H2,1-6H3,(H,23,26).